The zero-order valence-electron chi connectivity index (χ0n) is 26.5. The SMILES string of the molecule is C[C@@H]([C@@H]1C[C@@H](F)CN1C)n1ncc2c(N(C)CC(C)(C)O)nc(-c3noc4c3CCC[C@@]43CCCc4sc(N)c(C#N)c43)nc21. The molecule has 1 saturated heterocycles. The van der Waals surface area contributed by atoms with Gasteiger partial charge in [0.05, 0.1) is 34.2 Å². The van der Waals surface area contributed by atoms with Crippen molar-refractivity contribution in [2.45, 2.75) is 95.0 Å². The van der Waals surface area contributed by atoms with E-state index in [1.807, 2.05) is 28.6 Å². The van der Waals surface area contributed by atoms with E-state index in [0.29, 0.717) is 53.1 Å². The number of hydrogen-bond acceptors (Lipinski definition) is 11. The monoisotopic (exact) mass is 633 g/mol. The summed E-state index contributed by atoms with van der Waals surface area (Å²) in [5.74, 6) is 1.83. The minimum absolute atomic E-state index is 0.0355. The minimum atomic E-state index is -0.975. The number of nitrogen functional groups attached to an aromatic ring is 1. The van der Waals surface area contributed by atoms with Crippen molar-refractivity contribution in [3.63, 3.8) is 0 Å². The Kier molecular flexibility index (Phi) is 7.18. The fraction of sp³-hybridized carbons (Fsp3) is 0.594. The van der Waals surface area contributed by atoms with E-state index in [1.54, 1.807) is 20.0 Å². The van der Waals surface area contributed by atoms with Crippen molar-refractivity contribution < 1.29 is 14.0 Å². The van der Waals surface area contributed by atoms with Crippen LogP contribution in [0, 0.1) is 11.3 Å². The molecular formula is C32H40FN9O2S. The van der Waals surface area contributed by atoms with E-state index in [2.05, 4.69) is 18.1 Å². The first-order valence-corrected chi connectivity index (χ1v) is 16.6. The number of likely N-dealkylation sites (tertiary alicyclic amines) is 1. The third-order valence-corrected chi connectivity index (χ3v) is 11.1. The maximum atomic E-state index is 14.4. The first kappa shape index (κ1) is 30.1. The summed E-state index contributed by atoms with van der Waals surface area (Å²) in [7, 11) is 3.84. The van der Waals surface area contributed by atoms with Gasteiger partial charge in [-0.1, -0.05) is 5.16 Å². The molecule has 45 heavy (non-hydrogen) atoms. The molecule has 0 aromatic carbocycles. The molecule has 13 heteroatoms. The maximum Gasteiger partial charge on any atom is 0.186 e. The molecule has 7 rings (SSSR count). The molecule has 0 amide bonds. The Bertz CT molecular complexity index is 1810. The molecule has 3 aliphatic rings. The van der Waals surface area contributed by atoms with Gasteiger partial charge in [0, 0.05) is 36.6 Å². The quantitative estimate of drug-likeness (QED) is 0.305. The van der Waals surface area contributed by atoms with Crippen LogP contribution in [-0.2, 0) is 18.3 Å². The van der Waals surface area contributed by atoms with Crippen molar-refractivity contribution in [1.29, 1.82) is 5.26 Å². The predicted octanol–water partition coefficient (Wildman–Crippen LogP) is 4.77. The Morgan fingerprint density at radius 1 is 1.31 bits per heavy atom. The number of nitrogens with zero attached hydrogens (tertiary/aromatic N) is 8. The zero-order valence-corrected chi connectivity index (χ0v) is 27.3. The fourth-order valence-corrected chi connectivity index (χ4v) is 9.33. The van der Waals surface area contributed by atoms with Crippen molar-refractivity contribution in [3.8, 4) is 17.6 Å². The number of halogens is 1. The lowest BCUT2D eigenvalue weighted by Gasteiger charge is -2.39. The second-order valence-electron chi connectivity index (χ2n) is 13.8. The molecule has 2 aliphatic carbocycles. The average Bonchev–Trinajstić information content (AvgIpc) is 3.75. The highest BCUT2D eigenvalue weighted by Crippen LogP contribution is 2.55. The van der Waals surface area contributed by atoms with Crippen LogP contribution >= 0.6 is 11.3 Å². The number of hydrogen-bond donors (Lipinski definition) is 2. The van der Waals surface area contributed by atoms with Gasteiger partial charge in [0.15, 0.2) is 22.9 Å². The molecule has 238 valence electrons. The molecule has 4 atom stereocenters. The summed E-state index contributed by atoms with van der Waals surface area (Å²) in [5, 5.41) is 31.5. The number of nitrogens with two attached hydrogens (primary N) is 1. The number of rotatable bonds is 6. The van der Waals surface area contributed by atoms with E-state index >= 15 is 0 Å². The third-order valence-electron chi connectivity index (χ3n) is 9.98. The molecule has 0 radical (unpaired) electrons. The summed E-state index contributed by atoms with van der Waals surface area (Å²) in [6, 6.07) is 2.20. The van der Waals surface area contributed by atoms with Gasteiger partial charge < -0.3 is 20.3 Å². The molecule has 0 bridgehead atoms. The van der Waals surface area contributed by atoms with Crippen LogP contribution in [-0.4, -0.2) is 79.9 Å². The van der Waals surface area contributed by atoms with Crippen LogP contribution in [0.25, 0.3) is 22.6 Å². The summed E-state index contributed by atoms with van der Waals surface area (Å²) in [6.45, 7) is 6.29. The Morgan fingerprint density at radius 2 is 2.07 bits per heavy atom. The number of aromatic nitrogens is 5. The number of alkyl halides is 1. The second-order valence-corrected chi connectivity index (χ2v) is 15.0. The zero-order chi connectivity index (χ0) is 31.8. The predicted molar refractivity (Wildman–Crippen MR) is 171 cm³/mol. The normalized spacial score (nSPS) is 24.1. The number of thiophene rings is 1. The molecular weight excluding hydrogens is 593 g/mol. The van der Waals surface area contributed by atoms with Crippen molar-refractivity contribution in [2.75, 3.05) is 37.8 Å². The van der Waals surface area contributed by atoms with Gasteiger partial charge in [0.1, 0.15) is 23.1 Å². The molecule has 3 N–H and O–H groups in total. The van der Waals surface area contributed by atoms with Crippen LogP contribution < -0.4 is 10.6 Å². The van der Waals surface area contributed by atoms with Gasteiger partial charge in [0.25, 0.3) is 0 Å². The minimum Gasteiger partial charge on any atom is -0.389 e. The van der Waals surface area contributed by atoms with E-state index in [1.165, 1.54) is 16.2 Å². The highest BCUT2D eigenvalue weighted by atomic mass is 32.1. The van der Waals surface area contributed by atoms with E-state index in [4.69, 9.17) is 25.3 Å². The van der Waals surface area contributed by atoms with E-state index in [9.17, 15) is 14.8 Å². The fourth-order valence-electron chi connectivity index (χ4n) is 8.17. The number of nitriles is 1. The number of anilines is 2. The van der Waals surface area contributed by atoms with Crippen molar-refractivity contribution in [2.24, 2.45) is 0 Å². The molecule has 4 aromatic heterocycles. The van der Waals surface area contributed by atoms with Gasteiger partial charge in [0.2, 0.25) is 0 Å². The molecule has 1 spiro atoms. The maximum absolute atomic E-state index is 14.4. The molecule has 5 heterocycles. The van der Waals surface area contributed by atoms with Gasteiger partial charge in [-0.3, -0.25) is 4.90 Å². The van der Waals surface area contributed by atoms with Crippen molar-refractivity contribution in [3.05, 3.63) is 33.5 Å². The summed E-state index contributed by atoms with van der Waals surface area (Å²) in [4.78, 5) is 15.2. The summed E-state index contributed by atoms with van der Waals surface area (Å²) < 4.78 is 22.5. The lowest BCUT2D eigenvalue weighted by molar-refractivity contribution is 0.0885. The molecule has 0 unspecified atom stereocenters. The summed E-state index contributed by atoms with van der Waals surface area (Å²) in [5.41, 5.74) is 8.67. The van der Waals surface area contributed by atoms with Gasteiger partial charge in [-0.15, -0.1) is 11.3 Å². The Morgan fingerprint density at radius 3 is 2.76 bits per heavy atom. The second kappa shape index (κ2) is 10.7. The number of fused-ring (bicyclic) bond motifs is 5. The van der Waals surface area contributed by atoms with Crippen molar-refractivity contribution >= 4 is 33.2 Å². The smallest absolute Gasteiger partial charge is 0.186 e. The largest absolute Gasteiger partial charge is 0.389 e. The van der Waals surface area contributed by atoms with Gasteiger partial charge >= 0.3 is 0 Å². The van der Waals surface area contributed by atoms with Crippen LogP contribution in [0.3, 0.4) is 0 Å². The number of aryl methyl sites for hydroxylation is 1. The summed E-state index contributed by atoms with van der Waals surface area (Å²) in [6.07, 6.45) is 6.58. The highest BCUT2D eigenvalue weighted by Gasteiger charge is 2.49. The standard InChI is InChI=1S/C32H40FN9O2S/c1-17(22-12-18(33)15-40(22)4)42-30-21(14-36-42)29(41(5)16-31(2,3)43)37-28(38-30)25-19-8-6-10-32(26(19)44-39-25)11-7-9-23-24(32)20(13-34)27(35)45-23/h14,17-18,22,43H,6-12,15-16,35H2,1-5H3/t17-,18+,22-,32-/m0/s1. The van der Waals surface area contributed by atoms with Crippen LogP contribution in [0.15, 0.2) is 10.7 Å². The van der Waals surface area contributed by atoms with E-state index in [-0.39, 0.29) is 12.1 Å². The Balaban J connectivity index is 1.39. The average molecular weight is 634 g/mol. The first-order chi connectivity index (χ1) is 21.4. The Hall–Kier alpha value is -3.60. The number of likely N-dealkylation sites (N-methyl/N-ethyl adjacent to an activating group) is 2. The van der Waals surface area contributed by atoms with Gasteiger partial charge in [-0.05, 0) is 78.3 Å². The lowest BCUT2D eigenvalue weighted by Crippen LogP contribution is -2.37. The third kappa shape index (κ3) is 4.80. The van der Waals surface area contributed by atoms with E-state index in [0.717, 1.165) is 60.8 Å². The van der Waals surface area contributed by atoms with Crippen LogP contribution in [0.1, 0.15) is 86.2 Å². The molecule has 1 aliphatic heterocycles. The lowest BCUT2D eigenvalue weighted by atomic mass is 9.63. The highest BCUT2D eigenvalue weighted by molar-refractivity contribution is 7.16. The molecule has 4 aromatic rings. The van der Waals surface area contributed by atoms with Crippen LogP contribution in [0.2, 0.25) is 0 Å². The van der Waals surface area contributed by atoms with Crippen LogP contribution in [0.5, 0.6) is 0 Å². The molecule has 0 saturated carbocycles. The molecule has 11 nitrogen and oxygen atoms in total. The summed E-state index contributed by atoms with van der Waals surface area (Å²) >= 11 is 1.52. The van der Waals surface area contributed by atoms with Crippen LogP contribution in [0.4, 0.5) is 15.2 Å². The topological polar surface area (TPSA) is 146 Å². The van der Waals surface area contributed by atoms with E-state index < -0.39 is 17.2 Å². The first-order valence-electron chi connectivity index (χ1n) is 15.8. The Labute approximate surface area is 265 Å². The van der Waals surface area contributed by atoms with Gasteiger partial charge in [-0.25, -0.2) is 19.0 Å². The molecule has 1 fully saturated rings. The number of aliphatic hydroxyl groups is 1. The van der Waals surface area contributed by atoms with Gasteiger partial charge in [-0.2, -0.15) is 10.4 Å². The van der Waals surface area contributed by atoms with Crippen molar-refractivity contribution in [1.82, 2.24) is 29.8 Å².